The summed E-state index contributed by atoms with van der Waals surface area (Å²) in [5, 5.41) is 2.71. The number of hydrogen-bond donors (Lipinski definition) is 1. The molecule has 3 rings (SSSR count). The number of methoxy groups -OCH3 is 1. The van der Waals surface area contributed by atoms with Crippen LogP contribution in [0.1, 0.15) is 22.0 Å². The van der Waals surface area contributed by atoms with E-state index in [2.05, 4.69) is 5.32 Å². The molecule has 0 heterocycles. The highest BCUT2D eigenvalue weighted by atomic mass is 19.1. The van der Waals surface area contributed by atoms with Gasteiger partial charge in [-0.1, -0.05) is 42.5 Å². The topological polar surface area (TPSA) is 64.6 Å². The Balaban J connectivity index is 1.84. The first-order valence-electron chi connectivity index (χ1n) is 8.53. The predicted molar refractivity (Wildman–Crippen MR) is 103 cm³/mol. The molecule has 0 aromatic heterocycles. The fourth-order valence-electron chi connectivity index (χ4n) is 2.60. The van der Waals surface area contributed by atoms with Gasteiger partial charge in [0.25, 0.3) is 5.91 Å². The van der Waals surface area contributed by atoms with E-state index in [0.717, 1.165) is 6.07 Å². The molecule has 5 nitrogen and oxygen atoms in total. The van der Waals surface area contributed by atoms with E-state index in [9.17, 15) is 14.0 Å². The molecule has 142 valence electrons. The van der Waals surface area contributed by atoms with E-state index in [4.69, 9.17) is 9.47 Å². The summed E-state index contributed by atoms with van der Waals surface area (Å²) in [6, 6.07) is 20.5. The Kier molecular flexibility index (Phi) is 6.01. The van der Waals surface area contributed by atoms with E-state index in [1.54, 1.807) is 54.6 Å². The average Bonchev–Trinajstić information content (AvgIpc) is 2.72. The number of rotatable bonds is 6. The number of ether oxygens (including phenoxy) is 2. The maximum Gasteiger partial charge on any atom is 0.339 e. The predicted octanol–water partition coefficient (Wildman–Crippen LogP) is 4.37. The molecule has 6 heteroatoms. The lowest BCUT2D eigenvalue weighted by molar-refractivity contribution is -0.125. The maximum atomic E-state index is 13.4. The van der Waals surface area contributed by atoms with Gasteiger partial charge in [0.1, 0.15) is 11.6 Å². The number of carbonyl (C=O) groups is 2. The Morgan fingerprint density at radius 1 is 0.929 bits per heavy atom. The number of amides is 1. The number of benzene rings is 3. The van der Waals surface area contributed by atoms with Gasteiger partial charge in [0.05, 0.1) is 12.7 Å². The van der Waals surface area contributed by atoms with E-state index in [1.165, 1.54) is 25.3 Å². The first-order valence-corrected chi connectivity index (χ1v) is 8.53. The minimum absolute atomic E-state index is 0.0233. The number of anilines is 1. The van der Waals surface area contributed by atoms with Crippen LogP contribution in [0.5, 0.6) is 5.75 Å². The number of esters is 1. The molecule has 1 amide bonds. The lowest BCUT2D eigenvalue weighted by atomic mass is 10.1. The summed E-state index contributed by atoms with van der Waals surface area (Å²) in [6.45, 7) is 0. The van der Waals surface area contributed by atoms with Crippen LogP contribution >= 0.6 is 0 Å². The van der Waals surface area contributed by atoms with Crippen molar-refractivity contribution in [3.63, 3.8) is 0 Å². The summed E-state index contributed by atoms with van der Waals surface area (Å²) in [7, 11) is 1.52. The third-order valence-electron chi connectivity index (χ3n) is 3.96. The molecule has 0 aliphatic rings. The number of carbonyl (C=O) groups excluding carboxylic acids is 2. The maximum absolute atomic E-state index is 13.4. The van der Waals surface area contributed by atoms with Crippen LogP contribution in [-0.4, -0.2) is 19.0 Å². The van der Waals surface area contributed by atoms with Gasteiger partial charge in [-0.05, 0) is 30.3 Å². The zero-order valence-corrected chi connectivity index (χ0v) is 15.1. The fourth-order valence-corrected chi connectivity index (χ4v) is 2.60. The molecule has 0 spiro atoms. The molecule has 3 aromatic rings. The third-order valence-corrected chi connectivity index (χ3v) is 3.96. The lowest BCUT2D eigenvalue weighted by Crippen LogP contribution is -2.26. The number of nitrogens with one attached hydrogen (secondary N) is 1. The van der Waals surface area contributed by atoms with Gasteiger partial charge in [-0.15, -0.1) is 0 Å². The van der Waals surface area contributed by atoms with Crippen LogP contribution in [0.2, 0.25) is 0 Å². The van der Waals surface area contributed by atoms with Gasteiger partial charge in [-0.25, -0.2) is 9.18 Å². The van der Waals surface area contributed by atoms with E-state index in [-0.39, 0.29) is 5.56 Å². The van der Waals surface area contributed by atoms with Crippen LogP contribution < -0.4 is 10.1 Å². The van der Waals surface area contributed by atoms with E-state index < -0.39 is 23.8 Å². The molecular weight excluding hydrogens is 361 g/mol. The Hall–Kier alpha value is -3.67. The quantitative estimate of drug-likeness (QED) is 0.646. The summed E-state index contributed by atoms with van der Waals surface area (Å²) >= 11 is 0. The Morgan fingerprint density at radius 2 is 1.68 bits per heavy atom. The molecule has 0 unspecified atom stereocenters. The van der Waals surface area contributed by atoms with Crippen molar-refractivity contribution in [1.82, 2.24) is 0 Å². The molecule has 3 aromatic carbocycles. The lowest BCUT2D eigenvalue weighted by Gasteiger charge is -2.18. The zero-order valence-electron chi connectivity index (χ0n) is 15.1. The average molecular weight is 379 g/mol. The molecule has 28 heavy (non-hydrogen) atoms. The molecule has 0 aliphatic heterocycles. The standard InChI is InChI=1S/C22H18FNO4/c1-27-19-12-6-11-18(14-19)24-21(25)20(15-7-3-2-4-8-15)28-22(26)16-9-5-10-17(23)13-16/h2-14,20H,1H3,(H,24,25)/t20-/m0/s1. The second-order valence-electron chi connectivity index (χ2n) is 5.93. The van der Waals surface area contributed by atoms with Crippen LogP contribution in [0.25, 0.3) is 0 Å². The van der Waals surface area contributed by atoms with Gasteiger partial charge >= 0.3 is 5.97 Å². The van der Waals surface area contributed by atoms with Crippen LogP contribution in [0.4, 0.5) is 10.1 Å². The van der Waals surface area contributed by atoms with Crippen molar-refractivity contribution in [2.75, 3.05) is 12.4 Å². The number of hydrogen-bond acceptors (Lipinski definition) is 4. The van der Waals surface area contributed by atoms with Gasteiger partial charge in [0.15, 0.2) is 0 Å². The monoisotopic (exact) mass is 379 g/mol. The molecule has 0 fully saturated rings. The molecule has 1 atom stereocenters. The van der Waals surface area contributed by atoms with Crippen LogP contribution in [-0.2, 0) is 9.53 Å². The Morgan fingerprint density at radius 3 is 2.39 bits per heavy atom. The van der Waals surface area contributed by atoms with Crippen molar-refractivity contribution in [1.29, 1.82) is 0 Å². The largest absolute Gasteiger partial charge is 0.497 e. The summed E-state index contributed by atoms with van der Waals surface area (Å²) < 4.78 is 24.0. The van der Waals surface area contributed by atoms with Gasteiger partial charge in [0, 0.05) is 17.3 Å². The second kappa shape index (κ2) is 8.81. The van der Waals surface area contributed by atoms with Crippen molar-refractivity contribution >= 4 is 17.6 Å². The second-order valence-corrected chi connectivity index (χ2v) is 5.93. The van der Waals surface area contributed by atoms with Gasteiger partial charge in [-0.2, -0.15) is 0 Å². The smallest absolute Gasteiger partial charge is 0.339 e. The van der Waals surface area contributed by atoms with Gasteiger partial charge < -0.3 is 14.8 Å². The normalized spacial score (nSPS) is 11.4. The van der Waals surface area contributed by atoms with E-state index in [1.807, 2.05) is 0 Å². The van der Waals surface area contributed by atoms with Crippen molar-refractivity contribution in [2.24, 2.45) is 0 Å². The number of halogens is 1. The van der Waals surface area contributed by atoms with E-state index >= 15 is 0 Å². The first-order chi connectivity index (χ1) is 13.6. The zero-order chi connectivity index (χ0) is 19.9. The Bertz CT molecular complexity index is 975. The highest BCUT2D eigenvalue weighted by Crippen LogP contribution is 2.23. The van der Waals surface area contributed by atoms with Crippen molar-refractivity contribution in [3.05, 3.63) is 95.8 Å². The van der Waals surface area contributed by atoms with Gasteiger partial charge in [-0.3, -0.25) is 4.79 Å². The minimum Gasteiger partial charge on any atom is -0.497 e. The summed E-state index contributed by atoms with van der Waals surface area (Å²) in [4.78, 5) is 25.3. The third kappa shape index (κ3) is 4.73. The summed E-state index contributed by atoms with van der Waals surface area (Å²) in [6.07, 6.45) is -1.21. The molecular formula is C22H18FNO4. The highest BCUT2D eigenvalue weighted by Gasteiger charge is 2.26. The van der Waals surface area contributed by atoms with E-state index in [0.29, 0.717) is 17.0 Å². The SMILES string of the molecule is COc1cccc(NC(=O)[C@@H](OC(=O)c2cccc(F)c2)c2ccccc2)c1. The van der Waals surface area contributed by atoms with Gasteiger partial charge in [0.2, 0.25) is 6.10 Å². The molecule has 1 N–H and O–H groups in total. The molecule has 0 radical (unpaired) electrons. The van der Waals surface area contributed by atoms with Crippen molar-refractivity contribution in [2.45, 2.75) is 6.10 Å². The first kappa shape index (κ1) is 19.1. The molecule has 0 saturated heterocycles. The van der Waals surface area contributed by atoms with Crippen LogP contribution in [0.15, 0.2) is 78.9 Å². The van der Waals surface area contributed by atoms with Crippen molar-refractivity contribution in [3.8, 4) is 5.75 Å². The summed E-state index contributed by atoms with van der Waals surface area (Å²) in [5.41, 5.74) is 1.01. The summed E-state index contributed by atoms with van der Waals surface area (Å²) in [5.74, 6) is -1.32. The highest BCUT2D eigenvalue weighted by molar-refractivity contribution is 5.98. The van der Waals surface area contributed by atoms with Crippen LogP contribution in [0.3, 0.4) is 0 Å². The molecule has 0 bridgehead atoms. The fraction of sp³-hybridized carbons (Fsp3) is 0.0909. The minimum atomic E-state index is -1.21. The Labute approximate surface area is 161 Å². The molecule has 0 saturated carbocycles. The molecule has 0 aliphatic carbocycles. The van der Waals surface area contributed by atoms with Crippen molar-refractivity contribution < 1.29 is 23.5 Å². The van der Waals surface area contributed by atoms with Crippen LogP contribution in [0, 0.1) is 5.82 Å².